The number of carbonyl (C=O) groups is 2. The lowest BCUT2D eigenvalue weighted by Crippen LogP contribution is -2.52. The van der Waals surface area contributed by atoms with E-state index >= 15 is 0 Å². The zero-order valence-corrected chi connectivity index (χ0v) is 11.7. The lowest BCUT2D eigenvalue weighted by atomic mass is 9.71. The Morgan fingerprint density at radius 2 is 2.05 bits per heavy atom. The number of nitrogens with zero attached hydrogens (tertiary/aromatic N) is 1. The van der Waals surface area contributed by atoms with Gasteiger partial charge in [-0.15, -0.1) is 0 Å². The number of fused-ring (bicyclic) bond motifs is 2. The maximum absolute atomic E-state index is 12.6. The van der Waals surface area contributed by atoms with Gasteiger partial charge in [0.2, 0.25) is 0 Å². The number of aromatic nitrogens is 1. The lowest BCUT2D eigenvalue weighted by molar-refractivity contribution is -0.157. The SMILES string of the molecule is CCC12COC(=O)c3c1c(c(=O)n1c3CCC1)COC2=O. The number of rotatable bonds is 1. The summed E-state index contributed by atoms with van der Waals surface area (Å²) in [7, 11) is 0. The van der Waals surface area contributed by atoms with E-state index in [9.17, 15) is 14.4 Å². The highest BCUT2D eigenvalue weighted by Gasteiger charge is 2.53. The van der Waals surface area contributed by atoms with E-state index in [4.69, 9.17) is 9.47 Å². The van der Waals surface area contributed by atoms with Crippen LogP contribution in [0.3, 0.4) is 0 Å². The topological polar surface area (TPSA) is 74.6 Å². The summed E-state index contributed by atoms with van der Waals surface area (Å²) in [6.45, 7) is 2.37. The highest BCUT2D eigenvalue weighted by atomic mass is 16.6. The van der Waals surface area contributed by atoms with Crippen molar-refractivity contribution in [3.8, 4) is 0 Å². The van der Waals surface area contributed by atoms with E-state index in [1.807, 2.05) is 6.92 Å². The molecule has 0 N–H and O–H groups in total. The molecular weight excluding hydrogens is 274 g/mol. The Kier molecular flexibility index (Phi) is 2.38. The third-order valence-electron chi connectivity index (χ3n) is 4.94. The fraction of sp³-hybridized carbons (Fsp3) is 0.533. The Hall–Kier alpha value is -2.11. The predicted molar refractivity (Wildman–Crippen MR) is 71.1 cm³/mol. The summed E-state index contributed by atoms with van der Waals surface area (Å²) in [6, 6.07) is 0. The van der Waals surface area contributed by atoms with Crippen LogP contribution in [0.2, 0.25) is 0 Å². The van der Waals surface area contributed by atoms with Crippen molar-refractivity contribution in [1.29, 1.82) is 0 Å². The summed E-state index contributed by atoms with van der Waals surface area (Å²) >= 11 is 0. The normalized spacial score (nSPS) is 26.0. The maximum Gasteiger partial charge on any atom is 0.340 e. The average molecular weight is 289 g/mol. The minimum Gasteiger partial charge on any atom is -0.460 e. The van der Waals surface area contributed by atoms with Gasteiger partial charge in [0.25, 0.3) is 5.56 Å². The number of pyridine rings is 1. The van der Waals surface area contributed by atoms with Gasteiger partial charge in [-0.3, -0.25) is 9.59 Å². The summed E-state index contributed by atoms with van der Waals surface area (Å²) in [4.78, 5) is 37.2. The Balaban J connectivity index is 2.16. The van der Waals surface area contributed by atoms with Crippen molar-refractivity contribution < 1.29 is 19.1 Å². The van der Waals surface area contributed by atoms with Crippen molar-refractivity contribution in [1.82, 2.24) is 4.57 Å². The highest BCUT2D eigenvalue weighted by Crippen LogP contribution is 2.42. The van der Waals surface area contributed by atoms with Crippen molar-refractivity contribution in [3.63, 3.8) is 0 Å². The molecule has 3 aliphatic rings. The maximum atomic E-state index is 12.6. The molecule has 4 rings (SSSR count). The Morgan fingerprint density at radius 3 is 2.81 bits per heavy atom. The predicted octanol–water partition coefficient (Wildman–Crippen LogP) is 0.669. The molecule has 3 aliphatic heterocycles. The first kappa shape index (κ1) is 12.6. The molecule has 4 heterocycles. The molecule has 0 fully saturated rings. The molecule has 110 valence electrons. The second-order valence-electron chi connectivity index (χ2n) is 5.82. The Bertz CT molecular complexity index is 747. The number of ether oxygens (including phenoxy) is 2. The summed E-state index contributed by atoms with van der Waals surface area (Å²) in [5.74, 6) is -0.815. The van der Waals surface area contributed by atoms with Crippen LogP contribution >= 0.6 is 0 Å². The number of carbonyl (C=O) groups excluding carboxylic acids is 2. The van der Waals surface area contributed by atoms with Crippen LogP contribution in [0.5, 0.6) is 0 Å². The molecule has 1 atom stereocenters. The fourth-order valence-corrected chi connectivity index (χ4v) is 3.80. The standard InChI is InChI=1S/C15H15NO5/c1-2-15-7-21-13(18)10-9-4-3-5-16(9)12(17)8(11(10)15)6-20-14(15)19/h2-7H2,1H3. The van der Waals surface area contributed by atoms with Crippen LogP contribution in [-0.2, 0) is 39.3 Å². The molecule has 6 nitrogen and oxygen atoms in total. The van der Waals surface area contributed by atoms with Gasteiger partial charge in [-0.2, -0.15) is 0 Å². The summed E-state index contributed by atoms with van der Waals surface area (Å²) in [5, 5.41) is 0. The number of esters is 2. The van der Waals surface area contributed by atoms with Gasteiger partial charge in [0.1, 0.15) is 18.6 Å². The highest BCUT2D eigenvalue weighted by molar-refractivity contribution is 5.99. The van der Waals surface area contributed by atoms with Crippen LogP contribution < -0.4 is 5.56 Å². The molecule has 1 aromatic heterocycles. The first-order valence-corrected chi connectivity index (χ1v) is 7.23. The van der Waals surface area contributed by atoms with Gasteiger partial charge >= 0.3 is 11.9 Å². The zero-order chi connectivity index (χ0) is 14.8. The van der Waals surface area contributed by atoms with Gasteiger partial charge in [-0.05, 0) is 19.3 Å². The van der Waals surface area contributed by atoms with E-state index in [2.05, 4.69) is 0 Å². The van der Waals surface area contributed by atoms with Gasteiger partial charge in [-0.25, -0.2) is 4.79 Å². The molecule has 0 aromatic carbocycles. The second kappa shape index (κ2) is 3.96. The largest absolute Gasteiger partial charge is 0.460 e. The van der Waals surface area contributed by atoms with E-state index in [-0.39, 0.29) is 18.8 Å². The van der Waals surface area contributed by atoms with Crippen molar-refractivity contribution >= 4 is 11.9 Å². The van der Waals surface area contributed by atoms with Crippen LogP contribution in [0.15, 0.2) is 4.79 Å². The molecule has 0 saturated carbocycles. The minimum atomic E-state index is -1.01. The Morgan fingerprint density at radius 1 is 1.24 bits per heavy atom. The second-order valence-corrected chi connectivity index (χ2v) is 5.82. The van der Waals surface area contributed by atoms with Gasteiger partial charge in [0, 0.05) is 17.8 Å². The van der Waals surface area contributed by atoms with Gasteiger partial charge < -0.3 is 14.0 Å². The monoisotopic (exact) mass is 289 g/mol. The van der Waals surface area contributed by atoms with E-state index in [1.54, 1.807) is 4.57 Å². The fourth-order valence-electron chi connectivity index (χ4n) is 3.80. The van der Waals surface area contributed by atoms with E-state index in [1.165, 1.54) is 0 Å². The first-order chi connectivity index (χ1) is 10.1. The minimum absolute atomic E-state index is 0.0376. The van der Waals surface area contributed by atoms with Crippen molar-refractivity contribution in [2.75, 3.05) is 6.61 Å². The number of hydrogen-bond donors (Lipinski definition) is 0. The summed E-state index contributed by atoms with van der Waals surface area (Å²) in [5.41, 5.74) is 1.06. The number of hydrogen-bond acceptors (Lipinski definition) is 5. The molecule has 1 unspecified atom stereocenters. The van der Waals surface area contributed by atoms with Crippen LogP contribution in [0.4, 0.5) is 0 Å². The van der Waals surface area contributed by atoms with Crippen LogP contribution in [0.25, 0.3) is 0 Å². The quantitative estimate of drug-likeness (QED) is 0.710. The van der Waals surface area contributed by atoms with E-state index in [0.717, 1.165) is 12.1 Å². The third kappa shape index (κ3) is 1.35. The zero-order valence-electron chi connectivity index (χ0n) is 11.7. The molecule has 0 radical (unpaired) electrons. The van der Waals surface area contributed by atoms with Crippen LogP contribution in [0, 0.1) is 0 Å². The summed E-state index contributed by atoms with van der Waals surface area (Å²) in [6.07, 6.45) is 1.94. The number of cyclic esters (lactones) is 2. The van der Waals surface area contributed by atoms with Crippen molar-refractivity contribution in [2.45, 2.75) is 44.8 Å². The molecule has 21 heavy (non-hydrogen) atoms. The Labute approximate surface area is 120 Å². The molecule has 6 heteroatoms. The average Bonchev–Trinajstić information content (AvgIpc) is 2.96. The molecule has 0 amide bonds. The lowest BCUT2D eigenvalue weighted by Gasteiger charge is -2.40. The van der Waals surface area contributed by atoms with Gasteiger partial charge in [-0.1, -0.05) is 6.92 Å². The van der Waals surface area contributed by atoms with Crippen molar-refractivity contribution in [3.05, 3.63) is 32.7 Å². The molecule has 0 saturated heterocycles. The molecule has 1 aromatic rings. The van der Waals surface area contributed by atoms with Crippen molar-refractivity contribution in [2.24, 2.45) is 0 Å². The molecule has 0 bridgehead atoms. The van der Waals surface area contributed by atoms with Crippen LogP contribution in [-0.4, -0.2) is 23.1 Å². The van der Waals surface area contributed by atoms with Gasteiger partial charge in [0.15, 0.2) is 0 Å². The van der Waals surface area contributed by atoms with E-state index in [0.29, 0.717) is 36.1 Å². The van der Waals surface area contributed by atoms with Crippen LogP contribution in [0.1, 0.15) is 46.9 Å². The van der Waals surface area contributed by atoms with Gasteiger partial charge in [0.05, 0.1) is 11.1 Å². The molecular formula is C15H15NO5. The van der Waals surface area contributed by atoms with E-state index < -0.39 is 17.4 Å². The molecule has 0 spiro atoms. The molecule has 0 aliphatic carbocycles. The third-order valence-corrected chi connectivity index (χ3v) is 4.94. The summed E-state index contributed by atoms with van der Waals surface area (Å²) < 4.78 is 12.1. The first-order valence-electron chi connectivity index (χ1n) is 7.23. The smallest absolute Gasteiger partial charge is 0.340 e.